The Morgan fingerprint density at radius 2 is 2.09 bits per heavy atom. The number of thiazole rings is 1. The Morgan fingerprint density at radius 1 is 1.30 bits per heavy atom. The minimum Gasteiger partial charge on any atom is -0.378 e. The molecule has 0 radical (unpaired) electrons. The lowest BCUT2D eigenvalue weighted by Crippen LogP contribution is -2.49. The molecule has 1 saturated heterocycles. The lowest BCUT2D eigenvalue weighted by molar-refractivity contribution is 0.0746. The Kier molecular flexibility index (Phi) is 4.88. The van der Waals surface area contributed by atoms with E-state index in [1.165, 1.54) is 16.9 Å². The Labute approximate surface area is 139 Å². The van der Waals surface area contributed by atoms with E-state index in [1.54, 1.807) is 12.6 Å². The maximum Gasteiger partial charge on any atom is 0.266 e. The molecule has 1 fully saturated rings. The lowest BCUT2D eigenvalue weighted by Gasteiger charge is -2.35. The van der Waals surface area contributed by atoms with E-state index in [1.807, 2.05) is 17.2 Å². The monoisotopic (exact) mass is 332 g/mol. The van der Waals surface area contributed by atoms with Crippen molar-refractivity contribution in [1.29, 1.82) is 0 Å². The lowest BCUT2D eigenvalue weighted by atomic mass is 10.2. The molecule has 0 saturated carbocycles. The Balaban J connectivity index is 1.64. The second-order valence-corrected chi connectivity index (χ2v) is 6.39. The van der Waals surface area contributed by atoms with Crippen LogP contribution in [-0.4, -0.2) is 54.1 Å². The molecule has 1 amide bonds. The molecule has 1 aliphatic rings. The average molecular weight is 332 g/mol. The number of anilines is 1. The van der Waals surface area contributed by atoms with Crippen LogP contribution in [0.2, 0.25) is 0 Å². The third-order valence-electron chi connectivity index (χ3n) is 3.91. The minimum atomic E-state index is 0.0522. The second kappa shape index (κ2) is 7.06. The standard InChI is InChI=1S/C16H20N4O2S/c1-12-3-4-17-14(9-12)19-5-7-20(8-6-19)16(21)15-13(10-22-2)18-11-23-15/h3-4,9,11H,5-8,10H2,1-2H3. The van der Waals surface area contributed by atoms with Gasteiger partial charge in [0.15, 0.2) is 0 Å². The highest BCUT2D eigenvalue weighted by Crippen LogP contribution is 2.20. The number of ether oxygens (including phenoxy) is 1. The van der Waals surface area contributed by atoms with E-state index in [2.05, 4.69) is 27.9 Å². The van der Waals surface area contributed by atoms with Crippen LogP contribution >= 0.6 is 11.3 Å². The quantitative estimate of drug-likeness (QED) is 0.856. The molecule has 1 aliphatic heterocycles. The fraction of sp³-hybridized carbons (Fsp3) is 0.438. The summed E-state index contributed by atoms with van der Waals surface area (Å²) < 4.78 is 5.11. The molecule has 0 bridgehead atoms. The van der Waals surface area contributed by atoms with E-state index >= 15 is 0 Å². The normalized spacial score (nSPS) is 15.0. The largest absolute Gasteiger partial charge is 0.378 e. The summed E-state index contributed by atoms with van der Waals surface area (Å²) >= 11 is 1.38. The van der Waals surface area contributed by atoms with Crippen molar-refractivity contribution < 1.29 is 9.53 Å². The van der Waals surface area contributed by atoms with Crippen molar-refractivity contribution in [2.75, 3.05) is 38.2 Å². The number of rotatable bonds is 4. The highest BCUT2D eigenvalue weighted by Gasteiger charge is 2.25. The predicted molar refractivity (Wildman–Crippen MR) is 89.9 cm³/mol. The van der Waals surface area contributed by atoms with E-state index in [4.69, 9.17) is 4.74 Å². The maximum atomic E-state index is 12.7. The third kappa shape index (κ3) is 3.51. The van der Waals surface area contributed by atoms with E-state index in [9.17, 15) is 4.79 Å². The molecule has 6 nitrogen and oxygen atoms in total. The first-order valence-corrected chi connectivity index (χ1v) is 8.45. The number of aromatic nitrogens is 2. The molecule has 0 atom stereocenters. The molecule has 0 aromatic carbocycles. The smallest absolute Gasteiger partial charge is 0.266 e. The first kappa shape index (κ1) is 15.9. The zero-order valence-electron chi connectivity index (χ0n) is 13.4. The van der Waals surface area contributed by atoms with Crippen LogP contribution in [0.15, 0.2) is 23.8 Å². The maximum absolute atomic E-state index is 12.7. The zero-order chi connectivity index (χ0) is 16.2. The Bertz CT molecular complexity index is 680. The minimum absolute atomic E-state index is 0.0522. The van der Waals surface area contributed by atoms with Gasteiger partial charge in [-0.25, -0.2) is 9.97 Å². The van der Waals surface area contributed by atoms with Crippen LogP contribution in [0.4, 0.5) is 5.82 Å². The van der Waals surface area contributed by atoms with Gasteiger partial charge < -0.3 is 14.5 Å². The Hall–Kier alpha value is -1.99. The van der Waals surface area contributed by atoms with E-state index in [-0.39, 0.29) is 5.91 Å². The van der Waals surface area contributed by atoms with Gasteiger partial charge in [-0.15, -0.1) is 11.3 Å². The van der Waals surface area contributed by atoms with Gasteiger partial charge in [0.2, 0.25) is 0 Å². The number of aryl methyl sites for hydroxylation is 1. The van der Waals surface area contributed by atoms with Gasteiger partial charge in [0, 0.05) is 39.5 Å². The van der Waals surface area contributed by atoms with Gasteiger partial charge in [-0.05, 0) is 24.6 Å². The summed E-state index contributed by atoms with van der Waals surface area (Å²) in [6.45, 7) is 5.41. The Morgan fingerprint density at radius 3 is 2.78 bits per heavy atom. The molecule has 3 heterocycles. The number of methoxy groups -OCH3 is 1. The van der Waals surface area contributed by atoms with Crippen molar-refractivity contribution in [2.45, 2.75) is 13.5 Å². The number of piperazine rings is 1. The van der Waals surface area contributed by atoms with E-state index < -0.39 is 0 Å². The fourth-order valence-electron chi connectivity index (χ4n) is 2.66. The van der Waals surface area contributed by atoms with Gasteiger partial charge in [0.25, 0.3) is 5.91 Å². The van der Waals surface area contributed by atoms with Crippen molar-refractivity contribution in [3.8, 4) is 0 Å². The van der Waals surface area contributed by atoms with Crippen LogP contribution in [0.5, 0.6) is 0 Å². The van der Waals surface area contributed by atoms with Gasteiger partial charge in [0.1, 0.15) is 10.7 Å². The topological polar surface area (TPSA) is 58.6 Å². The first-order chi connectivity index (χ1) is 11.2. The number of hydrogen-bond donors (Lipinski definition) is 0. The summed E-state index contributed by atoms with van der Waals surface area (Å²) in [6, 6.07) is 4.07. The number of amides is 1. The summed E-state index contributed by atoms with van der Waals surface area (Å²) in [5.41, 5.74) is 3.63. The summed E-state index contributed by atoms with van der Waals surface area (Å²) in [6.07, 6.45) is 1.83. The molecule has 0 N–H and O–H groups in total. The van der Waals surface area contributed by atoms with Crippen molar-refractivity contribution in [1.82, 2.24) is 14.9 Å². The molecule has 7 heteroatoms. The molecular weight excluding hydrogens is 312 g/mol. The molecular formula is C16H20N4O2S. The average Bonchev–Trinajstić information content (AvgIpc) is 3.03. The molecule has 2 aromatic rings. The molecule has 0 unspecified atom stereocenters. The van der Waals surface area contributed by atoms with Crippen LogP contribution in [0, 0.1) is 6.92 Å². The van der Waals surface area contributed by atoms with Crippen molar-refractivity contribution in [2.24, 2.45) is 0 Å². The third-order valence-corrected chi connectivity index (χ3v) is 4.77. The molecule has 3 rings (SSSR count). The molecule has 122 valence electrons. The predicted octanol–water partition coefficient (Wildman–Crippen LogP) is 1.96. The van der Waals surface area contributed by atoms with Crippen LogP contribution in [0.1, 0.15) is 20.9 Å². The van der Waals surface area contributed by atoms with Gasteiger partial charge in [0.05, 0.1) is 17.8 Å². The highest BCUT2D eigenvalue weighted by molar-refractivity contribution is 7.11. The van der Waals surface area contributed by atoms with E-state index in [0.717, 1.165) is 24.6 Å². The summed E-state index contributed by atoms with van der Waals surface area (Å²) in [4.78, 5) is 26.1. The van der Waals surface area contributed by atoms with E-state index in [0.29, 0.717) is 24.6 Å². The van der Waals surface area contributed by atoms with Gasteiger partial charge in [-0.1, -0.05) is 0 Å². The molecule has 0 spiro atoms. The van der Waals surface area contributed by atoms with Crippen LogP contribution in [0.25, 0.3) is 0 Å². The zero-order valence-corrected chi connectivity index (χ0v) is 14.2. The number of carbonyl (C=O) groups excluding carboxylic acids is 1. The number of hydrogen-bond acceptors (Lipinski definition) is 6. The summed E-state index contributed by atoms with van der Waals surface area (Å²) in [5, 5.41) is 0. The highest BCUT2D eigenvalue weighted by atomic mass is 32.1. The van der Waals surface area contributed by atoms with Gasteiger partial charge in [-0.2, -0.15) is 0 Å². The van der Waals surface area contributed by atoms with Crippen LogP contribution < -0.4 is 4.90 Å². The molecule has 0 aliphatic carbocycles. The van der Waals surface area contributed by atoms with Crippen LogP contribution in [-0.2, 0) is 11.3 Å². The number of pyridine rings is 1. The van der Waals surface area contributed by atoms with Crippen molar-refractivity contribution in [3.05, 3.63) is 40.0 Å². The number of carbonyl (C=O) groups is 1. The summed E-state index contributed by atoms with van der Waals surface area (Å²) in [5.74, 6) is 1.03. The second-order valence-electron chi connectivity index (χ2n) is 5.53. The van der Waals surface area contributed by atoms with Crippen molar-refractivity contribution in [3.63, 3.8) is 0 Å². The van der Waals surface area contributed by atoms with Gasteiger partial charge in [-0.3, -0.25) is 4.79 Å². The first-order valence-electron chi connectivity index (χ1n) is 7.57. The number of nitrogens with zero attached hydrogens (tertiary/aromatic N) is 4. The van der Waals surface area contributed by atoms with Gasteiger partial charge >= 0.3 is 0 Å². The van der Waals surface area contributed by atoms with Crippen LogP contribution in [0.3, 0.4) is 0 Å². The molecule has 2 aromatic heterocycles. The SMILES string of the molecule is COCc1ncsc1C(=O)N1CCN(c2cc(C)ccn2)CC1. The fourth-order valence-corrected chi connectivity index (χ4v) is 3.42. The summed E-state index contributed by atoms with van der Waals surface area (Å²) in [7, 11) is 1.61. The molecule has 23 heavy (non-hydrogen) atoms. The van der Waals surface area contributed by atoms with Crippen molar-refractivity contribution >= 4 is 23.1 Å².